The fraction of sp³-hybridized carbons (Fsp3) is 0.643. The molecule has 1 heterocycles. The first kappa shape index (κ1) is 13.8. The fourth-order valence-corrected chi connectivity index (χ4v) is 1.76. The lowest BCUT2D eigenvalue weighted by molar-refractivity contribution is -0.612. The van der Waals surface area contributed by atoms with E-state index in [-0.39, 0.29) is 0 Å². The maximum atomic E-state index is 11.3. The summed E-state index contributed by atoms with van der Waals surface area (Å²) in [5, 5.41) is 11.3. The molecule has 17 heavy (non-hydrogen) atoms. The van der Waals surface area contributed by atoms with Crippen LogP contribution in [-0.4, -0.2) is 6.61 Å². The minimum atomic E-state index is 0.716. The molecule has 0 saturated carbocycles. The van der Waals surface area contributed by atoms with E-state index in [1.807, 2.05) is 13.8 Å². The van der Waals surface area contributed by atoms with Crippen LogP contribution in [0, 0.1) is 19.1 Å². The highest BCUT2D eigenvalue weighted by atomic mass is 16.5. The van der Waals surface area contributed by atoms with Crippen LogP contribution in [0.5, 0.6) is 5.75 Å². The molecule has 96 valence electrons. The van der Waals surface area contributed by atoms with E-state index in [0.29, 0.717) is 5.69 Å². The van der Waals surface area contributed by atoms with E-state index in [1.165, 1.54) is 31.9 Å². The van der Waals surface area contributed by atoms with Gasteiger partial charge in [-0.2, -0.15) is 4.73 Å². The molecule has 0 N–H and O–H groups in total. The molecule has 0 spiro atoms. The number of rotatable bonds is 7. The molecule has 0 atom stereocenters. The minimum absolute atomic E-state index is 0.716. The third-order valence-corrected chi connectivity index (χ3v) is 3.11. The van der Waals surface area contributed by atoms with Gasteiger partial charge in [0.1, 0.15) is 5.75 Å². The number of hydrogen-bond donors (Lipinski definition) is 0. The first-order chi connectivity index (χ1) is 8.16. The Hall–Kier alpha value is -1.25. The summed E-state index contributed by atoms with van der Waals surface area (Å²) in [6.45, 7) is 6.70. The first-order valence-electron chi connectivity index (χ1n) is 6.49. The molecular weight excluding hydrogens is 214 g/mol. The van der Waals surface area contributed by atoms with Crippen molar-refractivity contribution >= 4 is 0 Å². The number of hydrogen-bond acceptors (Lipinski definition) is 2. The molecular formula is C14H23NO2. The molecule has 0 saturated heterocycles. The van der Waals surface area contributed by atoms with Gasteiger partial charge in [-0.1, -0.05) is 32.6 Å². The second kappa shape index (κ2) is 7.15. The van der Waals surface area contributed by atoms with Crippen molar-refractivity contribution in [2.45, 2.75) is 52.9 Å². The predicted molar refractivity (Wildman–Crippen MR) is 69.1 cm³/mol. The normalized spacial score (nSPS) is 10.5. The van der Waals surface area contributed by atoms with Crippen LogP contribution in [0.4, 0.5) is 0 Å². The van der Waals surface area contributed by atoms with E-state index in [1.54, 1.807) is 6.07 Å². The van der Waals surface area contributed by atoms with Crippen molar-refractivity contribution in [3.8, 4) is 5.75 Å². The molecule has 1 aromatic heterocycles. The number of unbranched alkanes of at least 4 members (excludes halogenated alkanes) is 4. The molecule has 0 fully saturated rings. The Balaban J connectivity index is 2.35. The molecule has 0 amide bonds. The van der Waals surface area contributed by atoms with Crippen LogP contribution < -0.4 is 9.47 Å². The quantitative estimate of drug-likeness (QED) is 0.414. The second-order valence-electron chi connectivity index (χ2n) is 4.48. The fourth-order valence-electron chi connectivity index (χ4n) is 1.76. The van der Waals surface area contributed by atoms with Crippen molar-refractivity contribution in [1.29, 1.82) is 0 Å². The summed E-state index contributed by atoms with van der Waals surface area (Å²) < 4.78 is 6.58. The van der Waals surface area contributed by atoms with Crippen LogP contribution in [0.15, 0.2) is 12.3 Å². The molecule has 0 bridgehead atoms. The van der Waals surface area contributed by atoms with Crippen molar-refractivity contribution in [3.63, 3.8) is 0 Å². The zero-order chi connectivity index (χ0) is 12.7. The minimum Gasteiger partial charge on any atom is -0.618 e. The van der Waals surface area contributed by atoms with E-state index >= 15 is 0 Å². The highest BCUT2D eigenvalue weighted by molar-refractivity contribution is 5.31. The Morgan fingerprint density at radius 3 is 2.59 bits per heavy atom. The van der Waals surface area contributed by atoms with Gasteiger partial charge < -0.3 is 9.94 Å². The number of ether oxygens (including phenoxy) is 1. The molecule has 3 heteroatoms. The summed E-state index contributed by atoms with van der Waals surface area (Å²) in [6, 6.07) is 1.75. The number of pyridine rings is 1. The Labute approximate surface area is 104 Å². The third-order valence-electron chi connectivity index (χ3n) is 3.11. The van der Waals surface area contributed by atoms with Crippen molar-refractivity contribution in [1.82, 2.24) is 0 Å². The molecule has 0 unspecified atom stereocenters. The maximum Gasteiger partial charge on any atom is 0.196 e. The van der Waals surface area contributed by atoms with Gasteiger partial charge in [-0.3, -0.25) is 0 Å². The second-order valence-corrected chi connectivity index (χ2v) is 4.48. The van der Waals surface area contributed by atoms with Gasteiger partial charge in [0.05, 0.1) is 12.2 Å². The molecule has 1 aromatic rings. The average Bonchev–Trinajstić information content (AvgIpc) is 2.33. The molecule has 3 nitrogen and oxygen atoms in total. The molecule has 0 aromatic carbocycles. The third kappa shape index (κ3) is 4.25. The lowest BCUT2D eigenvalue weighted by Gasteiger charge is -2.10. The van der Waals surface area contributed by atoms with Gasteiger partial charge in [-0.05, 0) is 13.3 Å². The van der Waals surface area contributed by atoms with Crippen molar-refractivity contribution in [2.75, 3.05) is 6.61 Å². The van der Waals surface area contributed by atoms with Gasteiger partial charge in [-0.25, -0.2) is 0 Å². The molecule has 1 rings (SSSR count). The Morgan fingerprint density at radius 1 is 1.18 bits per heavy atom. The lowest BCUT2D eigenvalue weighted by Crippen LogP contribution is -2.30. The van der Waals surface area contributed by atoms with Crippen LogP contribution in [0.3, 0.4) is 0 Å². The van der Waals surface area contributed by atoms with Crippen LogP contribution >= 0.6 is 0 Å². The Kier molecular flexibility index (Phi) is 5.81. The molecule has 0 aliphatic carbocycles. The standard InChI is InChI=1S/C14H23NO2/c1-4-5-6-7-8-11-17-14-9-10-15(16)13(3)12(14)2/h9-10H,4-8,11H2,1-3H3. The van der Waals surface area contributed by atoms with Crippen LogP contribution in [0.2, 0.25) is 0 Å². The molecule has 0 aliphatic rings. The van der Waals surface area contributed by atoms with Gasteiger partial charge >= 0.3 is 0 Å². The monoisotopic (exact) mass is 237 g/mol. The Bertz CT molecular complexity index is 350. The van der Waals surface area contributed by atoms with Gasteiger partial charge in [0.15, 0.2) is 11.9 Å². The van der Waals surface area contributed by atoms with E-state index in [2.05, 4.69) is 6.92 Å². The van der Waals surface area contributed by atoms with Crippen LogP contribution in [-0.2, 0) is 0 Å². The zero-order valence-corrected chi connectivity index (χ0v) is 11.2. The van der Waals surface area contributed by atoms with E-state index in [0.717, 1.165) is 29.1 Å². The summed E-state index contributed by atoms with van der Waals surface area (Å²) in [5.74, 6) is 0.838. The summed E-state index contributed by atoms with van der Waals surface area (Å²) in [7, 11) is 0. The summed E-state index contributed by atoms with van der Waals surface area (Å²) in [6.07, 6.45) is 7.67. The first-order valence-corrected chi connectivity index (χ1v) is 6.49. The van der Waals surface area contributed by atoms with E-state index in [4.69, 9.17) is 4.74 Å². The number of nitrogens with zero attached hydrogens (tertiary/aromatic N) is 1. The van der Waals surface area contributed by atoms with Gasteiger partial charge in [0.2, 0.25) is 0 Å². The van der Waals surface area contributed by atoms with Crippen LogP contribution in [0.25, 0.3) is 0 Å². The predicted octanol–water partition coefficient (Wildman–Crippen LogP) is 3.29. The Morgan fingerprint density at radius 2 is 1.88 bits per heavy atom. The van der Waals surface area contributed by atoms with Gasteiger partial charge in [0.25, 0.3) is 0 Å². The molecule has 0 aliphatic heterocycles. The average molecular weight is 237 g/mol. The molecule has 0 radical (unpaired) electrons. The smallest absolute Gasteiger partial charge is 0.196 e. The largest absolute Gasteiger partial charge is 0.618 e. The highest BCUT2D eigenvalue weighted by Gasteiger charge is 2.09. The maximum absolute atomic E-state index is 11.3. The van der Waals surface area contributed by atoms with Crippen molar-refractivity contribution in [3.05, 3.63) is 28.7 Å². The zero-order valence-electron chi connectivity index (χ0n) is 11.2. The topological polar surface area (TPSA) is 36.2 Å². The van der Waals surface area contributed by atoms with E-state index in [9.17, 15) is 5.21 Å². The summed E-state index contributed by atoms with van der Waals surface area (Å²) in [4.78, 5) is 0. The SMILES string of the molecule is CCCCCCCOc1cc[n+]([O-])c(C)c1C. The number of aromatic nitrogens is 1. The summed E-state index contributed by atoms with van der Waals surface area (Å²) in [5.41, 5.74) is 1.66. The lowest BCUT2D eigenvalue weighted by atomic mass is 10.2. The highest BCUT2D eigenvalue weighted by Crippen LogP contribution is 2.18. The van der Waals surface area contributed by atoms with Gasteiger partial charge in [0, 0.05) is 13.0 Å². The van der Waals surface area contributed by atoms with Crippen LogP contribution in [0.1, 0.15) is 50.3 Å². The van der Waals surface area contributed by atoms with E-state index < -0.39 is 0 Å². The summed E-state index contributed by atoms with van der Waals surface area (Å²) >= 11 is 0. The van der Waals surface area contributed by atoms with Crippen molar-refractivity contribution in [2.24, 2.45) is 0 Å². The van der Waals surface area contributed by atoms with Crippen molar-refractivity contribution < 1.29 is 9.47 Å². The van der Waals surface area contributed by atoms with Gasteiger partial charge in [-0.15, -0.1) is 0 Å².